The first-order chi connectivity index (χ1) is 8.60. The zero-order chi connectivity index (χ0) is 13.5. The van der Waals surface area contributed by atoms with E-state index >= 15 is 0 Å². The summed E-state index contributed by atoms with van der Waals surface area (Å²) in [6.45, 7) is 7.51. The molecule has 1 aromatic rings. The van der Waals surface area contributed by atoms with Crippen molar-refractivity contribution < 1.29 is 9.84 Å². The number of nitrogens with one attached hydrogen (secondary N) is 1. The molecule has 0 saturated heterocycles. The molecule has 0 fully saturated rings. The maximum absolute atomic E-state index is 9.45. The van der Waals surface area contributed by atoms with E-state index in [1.165, 1.54) is 0 Å². The van der Waals surface area contributed by atoms with Crippen molar-refractivity contribution in [3.05, 3.63) is 23.0 Å². The van der Waals surface area contributed by atoms with E-state index in [-0.39, 0.29) is 6.10 Å². The maximum atomic E-state index is 9.45. The van der Waals surface area contributed by atoms with Crippen LogP contribution in [-0.2, 0) is 6.54 Å². The SMILES string of the molecule is CCC(O)CCNCc1ncc(C)c(OC)c1C. The fraction of sp³-hybridized carbons (Fsp3) is 0.643. The van der Waals surface area contributed by atoms with Crippen LogP contribution in [0.25, 0.3) is 0 Å². The van der Waals surface area contributed by atoms with Crippen LogP contribution in [0.4, 0.5) is 0 Å². The number of hydrogen-bond acceptors (Lipinski definition) is 4. The normalized spacial score (nSPS) is 12.5. The highest BCUT2D eigenvalue weighted by atomic mass is 16.5. The summed E-state index contributed by atoms with van der Waals surface area (Å²) in [6, 6.07) is 0. The van der Waals surface area contributed by atoms with Gasteiger partial charge in [0.25, 0.3) is 0 Å². The minimum atomic E-state index is -0.209. The molecule has 4 nitrogen and oxygen atoms in total. The lowest BCUT2D eigenvalue weighted by Gasteiger charge is -2.13. The van der Waals surface area contributed by atoms with Crippen LogP contribution in [0.3, 0.4) is 0 Å². The van der Waals surface area contributed by atoms with Gasteiger partial charge in [-0.05, 0) is 33.2 Å². The summed E-state index contributed by atoms with van der Waals surface area (Å²) in [5, 5.41) is 12.8. The zero-order valence-electron chi connectivity index (χ0n) is 11.8. The third-order valence-corrected chi connectivity index (χ3v) is 3.17. The van der Waals surface area contributed by atoms with E-state index in [9.17, 15) is 5.11 Å². The molecule has 1 heterocycles. The summed E-state index contributed by atoms with van der Waals surface area (Å²) in [5.74, 6) is 0.912. The molecule has 0 aliphatic rings. The Morgan fingerprint density at radius 1 is 1.44 bits per heavy atom. The minimum Gasteiger partial charge on any atom is -0.496 e. The Morgan fingerprint density at radius 2 is 2.17 bits per heavy atom. The van der Waals surface area contributed by atoms with Crippen molar-refractivity contribution in [2.45, 2.75) is 46.3 Å². The minimum absolute atomic E-state index is 0.209. The van der Waals surface area contributed by atoms with Gasteiger partial charge >= 0.3 is 0 Å². The van der Waals surface area contributed by atoms with Crippen molar-refractivity contribution >= 4 is 0 Å². The standard InChI is InChI=1S/C14H24N2O2/c1-5-12(17)6-7-15-9-13-11(3)14(18-4)10(2)8-16-13/h8,12,15,17H,5-7,9H2,1-4H3. The molecule has 1 unspecified atom stereocenters. The average molecular weight is 252 g/mol. The molecule has 0 bridgehead atoms. The number of methoxy groups -OCH3 is 1. The fourth-order valence-electron chi connectivity index (χ4n) is 1.93. The highest BCUT2D eigenvalue weighted by Crippen LogP contribution is 2.23. The van der Waals surface area contributed by atoms with Crippen molar-refractivity contribution in [1.82, 2.24) is 10.3 Å². The Balaban J connectivity index is 2.53. The van der Waals surface area contributed by atoms with Crippen molar-refractivity contribution in [2.24, 2.45) is 0 Å². The lowest BCUT2D eigenvalue weighted by molar-refractivity contribution is 0.159. The second-order valence-corrected chi connectivity index (χ2v) is 4.57. The van der Waals surface area contributed by atoms with Gasteiger partial charge in [0, 0.05) is 23.9 Å². The number of rotatable bonds is 7. The third-order valence-electron chi connectivity index (χ3n) is 3.17. The van der Waals surface area contributed by atoms with Crippen molar-refractivity contribution in [3.8, 4) is 5.75 Å². The van der Waals surface area contributed by atoms with E-state index in [0.29, 0.717) is 6.54 Å². The van der Waals surface area contributed by atoms with Gasteiger partial charge in [0.15, 0.2) is 0 Å². The van der Waals surface area contributed by atoms with Gasteiger partial charge in [0.2, 0.25) is 0 Å². The van der Waals surface area contributed by atoms with E-state index in [1.54, 1.807) is 7.11 Å². The Labute approximate surface area is 109 Å². The molecule has 1 atom stereocenters. The summed E-state index contributed by atoms with van der Waals surface area (Å²) in [7, 11) is 1.68. The third kappa shape index (κ3) is 3.96. The molecule has 4 heteroatoms. The summed E-state index contributed by atoms with van der Waals surface area (Å²) < 4.78 is 5.37. The van der Waals surface area contributed by atoms with Gasteiger partial charge in [-0.3, -0.25) is 4.98 Å². The van der Waals surface area contributed by atoms with Gasteiger partial charge in [-0.1, -0.05) is 6.92 Å². The first-order valence-corrected chi connectivity index (χ1v) is 6.48. The summed E-state index contributed by atoms with van der Waals surface area (Å²) >= 11 is 0. The highest BCUT2D eigenvalue weighted by molar-refractivity contribution is 5.40. The Kier molecular flexibility index (Phi) is 6.09. The molecule has 1 aromatic heterocycles. The van der Waals surface area contributed by atoms with Gasteiger partial charge in [0.05, 0.1) is 18.9 Å². The number of aromatic nitrogens is 1. The van der Waals surface area contributed by atoms with Crippen LogP contribution in [0, 0.1) is 13.8 Å². The summed E-state index contributed by atoms with van der Waals surface area (Å²) in [6.07, 6.45) is 3.21. The van der Waals surface area contributed by atoms with Crippen molar-refractivity contribution in [1.29, 1.82) is 0 Å². The summed E-state index contributed by atoms with van der Waals surface area (Å²) in [4.78, 5) is 4.42. The van der Waals surface area contributed by atoms with E-state index in [4.69, 9.17) is 4.74 Å². The molecular weight excluding hydrogens is 228 g/mol. The second kappa shape index (κ2) is 7.34. The molecule has 0 aromatic carbocycles. The highest BCUT2D eigenvalue weighted by Gasteiger charge is 2.09. The Bertz CT molecular complexity index is 380. The molecule has 0 radical (unpaired) electrons. The Morgan fingerprint density at radius 3 is 2.78 bits per heavy atom. The lowest BCUT2D eigenvalue weighted by Crippen LogP contribution is -2.21. The van der Waals surface area contributed by atoms with Crippen LogP contribution in [0.15, 0.2) is 6.20 Å². The first-order valence-electron chi connectivity index (χ1n) is 6.48. The average Bonchev–Trinajstić information content (AvgIpc) is 2.37. The Hall–Kier alpha value is -1.13. The largest absolute Gasteiger partial charge is 0.496 e. The van der Waals surface area contributed by atoms with Crippen LogP contribution in [0.2, 0.25) is 0 Å². The molecule has 1 rings (SSSR count). The monoisotopic (exact) mass is 252 g/mol. The number of pyridine rings is 1. The van der Waals surface area contributed by atoms with Gasteiger partial charge < -0.3 is 15.2 Å². The lowest BCUT2D eigenvalue weighted by atomic mass is 10.1. The molecule has 0 aliphatic carbocycles. The smallest absolute Gasteiger partial charge is 0.128 e. The van der Waals surface area contributed by atoms with Crippen LogP contribution in [0.1, 0.15) is 36.6 Å². The molecule has 18 heavy (non-hydrogen) atoms. The predicted molar refractivity (Wildman–Crippen MR) is 72.9 cm³/mol. The first kappa shape index (κ1) is 14.9. The predicted octanol–water partition coefficient (Wildman–Crippen LogP) is 1.96. The molecule has 0 spiro atoms. The number of hydrogen-bond donors (Lipinski definition) is 2. The molecule has 102 valence electrons. The second-order valence-electron chi connectivity index (χ2n) is 4.57. The van der Waals surface area contributed by atoms with E-state index < -0.39 is 0 Å². The fourth-order valence-corrected chi connectivity index (χ4v) is 1.93. The topological polar surface area (TPSA) is 54.4 Å². The summed E-state index contributed by atoms with van der Waals surface area (Å²) in [5.41, 5.74) is 3.14. The van der Waals surface area contributed by atoms with Crippen LogP contribution in [0.5, 0.6) is 5.75 Å². The molecule has 0 amide bonds. The van der Waals surface area contributed by atoms with Gasteiger partial charge in [-0.2, -0.15) is 0 Å². The number of ether oxygens (including phenoxy) is 1. The van der Waals surface area contributed by atoms with Gasteiger partial charge in [-0.15, -0.1) is 0 Å². The quantitative estimate of drug-likeness (QED) is 0.728. The zero-order valence-corrected chi connectivity index (χ0v) is 11.8. The maximum Gasteiger partial charge on any atom is 0.128 e. The van der Waals surface area contributed by atoms with Gasteiger partial charge in [-0.25, -0.2) is 0 Å². The van der Waals surface area contributed by atoms with Crippen LogP contribution < -0.4 is 10.1 Å². The van der Waals surface area contributed by atoms with E-state index in [0.717, 1.165) is 42.0 Å². The van der Waals surface area contributed by atoms with Crippen LogP contribution in [-0.4, -0.2) is 29.8 Å². The van der Waals surface area contributed by atoms with Crippen LogP contribution >= 0.6 is 0 Å². The van der Waals surface area contributed by atoms with E-state index in [1.807, 2.05) is 27.0 Å². The molecule has 0 saturated carbocycles. The van der Waals surface area contributed by atoms with E-state index in [2.05, 4.69) is 10.3 Å². The number of aryl methyl sites for hydroxylation is 1. The molecule has 0 aliphatic heterocycles. The molecule has 2 N–H and O–H groups in total. The van der Waals surface area contributed by atoms with Gasteiger partial charge in [0.1, 0.15) is 5.75 Å². The molecular formula is C14H24N2O2. The number of aliphatic hydroxyl groups excluding tert-OH is 1. The number of aliphatic hydroxyl groups is 1. The van der Waals surface area contributed by atoms with Crippen molar-refractivity contribution in [2.75, 3.05) is 13.7 Å². The number of nitrogens with zero attached hydrogens (tertiary/aromatic N) is 1. The van der Waals surface area contributed by atoms with Crippen molar-refractivity contribution in [3.63, 3.8) is 0 Å².